The summed E-state index contributed by atoms with van der Waals surface area (Å²) in [6.45, 7) is 5.82. The van der Waals surface area contributed by atoms with Crippen LogP contribution < -0.4 is 5.32 Å². The number of aliphatic hydroxyl groups is 1. The fourth-order valence-electron chi connectivity index (χ4n) is 1.75. The second kappa shape index (κ2) is 7.21. The Morgan fingerprint density at radius 2 is 2.15 bits per heavy atom. The lowest BCUT2D eigenvalue weighted by Gasteiger charge is -2.25. The van der Waals surface area contributed by atoms with Gasteiger partial charge in [-0.05, 0) is 26.8 Å². The van der Waals surface area contributed by atoms with Gasteiger partial charge in [0.05, 0.1) is 11.6 Å². The van der Waals surface area contributed by atoms with Crippen LogP contribution in [0.3, 0.4) is 0 Å². The maximum Gasteiger partial charge on any atom is 0.244 e. The molecular formula is C12H20ClN3O3S. The summed E-state index contributed by atoms with van der Waals surface area (Å²) in [5, 5.41) is 12.2. The Morgan fingerprint density at radius 1 is 1.50 bits per heavy atom. The van der Waals surface area contributed by atoms with Crippen LogP contribution in [0.4, 0.5) is 5.82 Å². The van der Waals surface area contributed by atoms with Crippen LogP contribution in [0.1, 0.15) is 20.8 Å². The Balaban J connectivity index is 3.17. The molecule has 0 amide bonds. The van der Waals surface area contributed by atoms with Crippen LogP contribution in [0.25, 0.3) is 0 Å². The topological polar surface area (TPSA) is 82.5 Å². The molecule has 0 spiro atoms. The number of hydrogen-bond donors (Lipinski definition) is 2. The molecule has 0 saturated carbocycles. The van der Waals surface area contributed by atoms with Crippen LogP contribution in [-0.4, -0.2) is 48.6 Å². The number of pyridine rings is 1. The third kappa shape index (κ3) is 3.82. The largest absolute Gasteiger partial charge is 0.395 e. The van der Waals surface area contributed by atoms with Crippen LogP contribution in [-0.2, 0) is 10.0 Å². The van der Waals surface area contributed by atoms with Crippen molar-refractivity contribution in [2.45, 2.75) is 31.7 Å². The SMILES string of the molecule is CCNc1ncc(S(=O)(=O)N(CCO)C(C)C)cc1Cl. The highest BCUT2D eigenvalue weighted by atomic mass is 35.5. The highest BCUT2D eigenvalue weighted by Crippen LogP contribution is 2.25. The van der Waals surface area contributed by atoms with Gasteiger partial charge in [-0.25, -0.2) is 13.4 Å². The molecule has 1 aromatic rings. The lowest BCUT2D eigenvalue weighted by Crippen LogP contribution is -2.39. The molecule has 0 atom stereocenters. The van der Waals surface area contributed by atoms with Gasteiger partial charge in [0.25, 0.3) is 0 Å². The molecule has 0 saturated heterocycles. The fraction of sp³-hybridized carbons (Fsp3) is 0.583. The normalized spacial score (nSPS) is 12.2. The van der Waals surface area contributed by atoms with Gasteiger partial charge in [0.1, 0.15) is 10.7 Å². The molecule has 20 heavy (non-hydrogen) atoms. The van der Waals surface area contributed by atoms with E-state index in [4.69, 9.17) is 16.7 Å². The quantitative estimate of drug-likeness (QED) is 0.796. The lowest BCUT2D eigenvalue weighted by molar-refractivity contribution is 0.236. The molecule has 6 nitrogen and oxygen atoms in total. The van der Waals surface area contributed by atoms with Gasteiger partial charge < -0.3 is 10.4 Å². The summed E-state index contributed by atoms with van der Waals surface area (Å²) >= 11 is 6.02. The second-order valence-electron chi connectivity index (χ2n) is 4.46. The molecule has 0 aliphatic carbocycles. The van der Waals surface area contributed by atoms with E-state index < -0.39 is 10.0 Å². The molecule has 0 fully saturated rings. The van der Waals surface area contributed by atoms with E-state index in [0.717, 1.165) is 0 Å². The lowest BCUT2D eigenvalue weighted by atomic mass is 10.4. The highest BCUT2D eigenvalue weighted by molar-refractivity contribution is 7.89. The molecule has 1 rings (SSSR count). The van der Waals surface area contributed by atoms with E-state index >= 15 is 0 Å². The van der Waals surface area contributed by atoms with E-state index in [1.165, 1.54) is 16.6 Å². The summed E-state index contributed by atoms with van der Waals surface area (Å²) in [5.74, 6) is 0.450. The van der Waals surface area contributed by atoms with Crippen LogP contribution in [0, 0.1) is 0 Å². The van der Waals surface area contributed by atoms with Crippen molar-refractivity contribution in [3.8, 4) is 0 Å². The van der Waals surface area contributed by atoms with Crippen molar-refractivity contribution in [1.29, 1.82) is 0 Å². The van der Waals surface area contributed by atoms with Crippen molar-refractivity contribution in [3.05, 3.63) is 17.3 Å². The number of rotatable bonds is 7. The first-order valence-electron chi connectivity index (χ1n) is 6.36. The van der Waals surface area contributed by atoms with Crippen molar-refractivity contribution < 1.29 is 13.5 Å². The molecule has 1 heterocycles. The molecule has 1 aromatic heterocycles. The minimum absolute atomic E-state index is 0.0197. The number of halogens is 1. The van der Waals surface area contributed by atoms with Crippen LogP contribution in [0.5, 0.6) is 0 Å². The molecule has 2 N–H and O–H groups in total. The van der Waals surface area contributed by atoms with Gasteiger partial charge in [0, 0.05) is 25.3 Å². The van der Waals surface area contributed by atoms with Crippen molar-refractivity contribution in [2.75, 3.05) is 25.0 Å². The Bertz CT molecular complexity index is 549. The van der Waals surface area contributed by atoms with Crippen molar-refractivity contribution in [3.63, 3.8) is 0 Å². The third-order valence-corrected chi connectivity index (χ3v) is 4.99. The predicted octanol–water partition coefficient (Wildman–Crippen LogP) is 1.56. The van der Waals surface area contributed by atoms with Crippen molar-refractivity contribution in [2.24, 2.45) is 0 Å². The Kier molecular flexibility index (Phi) is 6.19. The average molecular weight is 322 g/mol. The van der Waals surface area contributed by atoms with E-state index in [1.54, 1.807) is 13.8 Å². The minimum Gasteiger partial charge on any atom is -0.395 e. The van der Waals surface area contributed by atoms with E-state index in [2.05, 4.69) is 10.3 Å². The molecule has 114 valence electrons. The zero-order valence-electron chi connectivity index (χ0n) is 11.8. The second-order valence-corrected chi connectivity index (χ2v) is 6.76. The van der Waals surface area contributed by atoms with Gasteiger partial charge in [0.2, 0.25) is 10.0 Å². The smallest absolute Gasteiger partial charge is 0.244 e. The molecule has 0 unspecified atom stereocenters. The van der Waals surface area contributed by atoms with Gasteiger partial charge in [0.15, 0.2) is 0 Å². The average Bonchev–Trinajstić information content (AvgIpc) is 2.37. The number of nitrogens with one attached hydrogen (secondary N) is 1. The van der Waals surface area contributed by atoms with Crippen molar-refractivity contribution >= 4 is 27.4 Å². The molecule has 0 aliphatic heterocycles. The van der Waals surface area contributed by atoms with E-state index in [9.17, 15) is 8.42 Å². The molecule has 0 aromatic carbocycles. The fourth-order valence-corrected chi connectivity index (χ4v) is 3.65. The van der Waals surface area contributed by atoms with Gasteiger partial charge >= 0.3 is 0 Å². The molecule has 8 heteroatoms. The van der Waals surface area contributed by atoms with Crippen LogP contribution in [0.2, 0.25) is 5.02 Å². The number of nitrogens with zero attached hydrogens (tertiary/aromatic N) is 2. The predicted molar refractivity (Wildman–Crippen MR) is 79.5 cm³/mol. The Hall–Kier alpha value is -0.890. The molecule has 0 aliphatic rings. The Morgan fingerprint density at radius 3 is 2.60 bits per heavy atom. The van der Waals surface area contributed by atoms with E-state index in [0.29, 0.717) is 12.4 Å². The Labute approximate surface area is 124 Å². The van der Waals surface area contributed by atoms with Gasteiger partial charge in [-0.15, -0.1) is 0 Å². The minimum atomic E-state index is -3.72. The monoisotopic (exact) mass is 321 g/mol. The maximum atomic E-state index is 12.5. The zero-order valence-corrected chi connectivity index (χ0v) is 13.4. The number of sulfonamides is 1. The third-order valence-electron chi connectivity index (χ3n) is 2.66. The standard InChI is InChI=1S/C12H20ClN3O3S/c1-4-14-12-11(13)7-10(8-15-12)20(18,19)16(5-6-17)9(2)3/h7-9,17H,4-6H2,1-3H3,(H,14,15). The first kappa shape index (κ1) is 17.2. The molecular weight excluding hydrogens is 302 g/mol. The van der Waals surface area contributed by atoms with Crippen LogP contribution in [0.15, 0.2) is 17.2 Å². The number of anilines is 1. The van der Waals surface area contributed by atoms with E-state index in [-0.39, 0.29) is 29.1 Å². The van der Waals surface area contributed by atoms with Crippen molar-refractivity contribution in [1.82, 2.24) is 9.29 Å². The molecule has 0 bridgehead atoms. The van der Waals surface area contributed by atoms with Gasteiger partial charge in [-0.1, -0.05) is 11.6 Å². The summed E-state index contributed by atoms with van der Waals surface area (Å²) in [5.41, 5.74) is 0. The number of aromatic nitrogens is 1. The van der Waals surface area contributed by atoms with Gasteiger partial charge in [-0.3, -0.25) is 0 Å². The summed E-state index contributed by atoms with van der Waals surface area (Å²) in [7, 11) is -3.72. The summed E-state index contributed by atoms with van der Waals surface area (Å²) in [4.78, 5) is 4.04. The van der Waals surface area contributed by atoms with E-state index in [1.807, 2.05) is 6.92 Å². The first-order valence-corrected chi connectivity index (χ1v) is 8.18. The summed E-state index contributed by atoms with van der Waals surface area (Å²) in [6, 6.07) is 1.11. The first-order chi connectivity index (χ1) is 9.34. The highest BCUT2D eigenvalue weighted by Gasteiger charge is 2.27. The van der Waals surface area contributed by atoms with Crippen LogP contribution >= 0.6 is 11.6 Å². The van der Waals surface area contributed by atoms with Gasteiger partial charge in [-0.2, -0.15) is 4.31 Å². The number of aliphatic hydroxyl groups excluding tert-OH is 1. The number of hydrogen-bond acceptors (Lipinski definition) is 5. The molecule has 0 radical (unpaired) electrons. The summed E-state index contributed by atoms with van der Waals surface area (Å²) in [6.07, 6.45) is 1.27. The maximum absolute atomic E-state index is 12.5. The summed E-state index contributed by atoms with van der Waals surface area (Å²) < 4.78 is 26.2. The zero-order chi connectivity index (χ0) is 15.3.